The largest absolute Gasteiger partial charge is 0.508 e. The third kappa shape index (κ3) is 3.53. The SMILES string of the molecule is O=C(CN1CCN2C(=O)c3cc(Br)ccc3NC(=O)C2C1)c1ccc(O)cc1. The maximum absolute atomic E-state index is 13.0. The summed E-state index contributed by atoms with van der Waals surface area (Å²) >= 11 is 3.37. The zero-order valence-electron chi connectivity index (χ0n) is 14.9. The van der Waals surface area contributed by atoms with Gasteiger partial charge >= 0.3 is 0 Å². The van der Waals surface area contributed by atoms with E-state index in [-0.39, 0.29) is 36.4 Å². The molecule has 7 nitrogen and oxygen atoms in total. The number of fused-ring (bicyclic) bond motifs is 2. The van der Waals surface area contributed by atoms with Gasteiger partial charge in [0, 0.05) is 29.7 Å². The zero-order chi connectivity index (χ0) is 19.8. The quantitative estimate of drug-likeness (QED) is 0.709. The molecule has 0 saturated carbocycles. The van der Waals surface area contributed by atoms with Gasteiger partial charge in [0.2, 0.25) is 5.91 Å². The lowest BCUT2D eigenvalue weighted by molar-refractivity contribution is -0.122. The number of nitrogens with one attached hydrogen (secondary N) is 1. The van der Waals surface area contributed by atoms with Crippen molar-refractivity contribution in [3.8, 4) is 5.75 Å². The van der Waals surface area contributed by atoms with E-state index >= 15 is 0 Å². The Morgan fingerprint density at radius 1 is 1.14 bits per heavy atom. The normalized spacial score (nSPS) is 19.5. The molecule has 8 heteroatoms. The molecule has 2 aliphatic rings. The van der Waals surface area contributed by atoms with E-state index in [9.17, 15) is 19.5 Å². The highest BCUT2D eigenvalue weighted by Gasteiger charge is 2.39. The van der Waals surface area contributed by atoms with E-state index < -0.39 is 6.04 Å². The van der Waals surface area contributed by atoms with Crippen molar-refractivity contribution in [1.29, 1.82) is 0 Å². The van der Waals surface area contributed by atoms with Crippen LogP contribution in [0.25, 0.3) is 0 Å². The number of anilines is 1. The highest BCUT2D eigenvalue weighted by atomic mass is 79.9. The number of aromatic hydroxyl groups is 1. The van der Waals surface area contributed by atoms with Gasteiger partial charge in [-0.3, -0.25) is 19.3 Å². The van der Waals surface area contributed by atoms with Gasteiger partial charge in [0.1, 0.15) is 11.8 Å². The summed E-state index contributed by atoms with van der Waals surface area (Å²) in [5, 5.41) is 12.2. The van der Waals surface area contributed by atoms with Crippen LogP contribution in [0.4, 0.5) is 5.69 Å². The third-order valence-corrected chi connectivity index (χ3v) is 5.55. The van der Waals surface area contributed by atoms with Crippen LogP contribution in [-0.2, 0) is 4.79 Å². The molecule has 2 aliphatic heterocycles. The highest BCUT2D eigenvalue weighted by Crippen LogP contribution is 2.28. The molecule has 0 aliphatic carbocycles. The summed E-state index contributed by atoms with van der Waals surface area (Å²) in [5.74, 6) is -0.439. The minimum atomic E-state index is -0.653. The second-order valence-electron chi connectivity index (χ2n) is 6.90. The summed E-state index contributed by atoms with van der Waals surface area (Å²) in [5.41, 5.74) is 1.46. The summed E-state index contributed by atoms with van der Waals surface area (Å²) in [6, 6.07) is 10.6. The Kier molecular flexibility index (Phi) is 4.91. The number of amides is 2. The van der Waals surface area contributed by atoms with E-state index in [1.165, 1.54) is 12.1 Å². The van der Waals surface area contributed by atoms with Gasteiger partial charge in [-0.1, -0.05) is 15.9 Å². The average molecular weight is 444 g/mol. The molecular formula is C20H18BrN3O4. The van der Waals surface area contributed by atoms with Crippen molar-refractivity contribution in [3.05, 3.63) is 58.1 Å². The molecule has 2 heterocycles. The molecule has 0 bridgehead atoms. The smallest absolute Gasteiger partial charge is 0.256 e. The molecule has 2 amide bonds. The molecule has 2 aromatic carbocycles. The van der Waals surface area contributed by atoms with E-state index in [0.717, 1.165) is 4.47 Å². The van der Waals surface area contributed by atoms with Crippen LogP contribution >= 0.6 is 15.9 Å². The first-order chi connectivity index (χ1) is 13.4. The minimum Gasteiger partial charge on any atom is -0.508 e. The lowest BCUT2D eigenvalue weighted by Crippen LogP contribution is -2.59. The number of halogens is 1. The lowest BCUT2D eigenvalue weighted by Gasteiger charge is -2.39. The van der Waals surface area contributed by atoms with Crippen molar-refractivity contribution in [1.82, 2.24) is 9.80 Å². The van der Waals surface area contributed by atoms with Crippen LogP contribution in [0, 0.1) is 0 Å². The van der Waals surface area contributed by atoms with Crippen LogP contribution in [0.3, 0.4) is 0 Å². The van der Waals surface area contributed by atoms with Crippen LogP contribution in [0.1, 0.15) is 20.7 Å². The van der Waals surface area contributed by atoms with E-state index in [1.54, 1.807) is 35.2 Å². The van der Waals surface area contributed by atoms with Crippen molar-refractivity contribution in [2.75, 3.05) is 31.5 Å². The number of benzene rings is 2. The second-order valence-corrected chi connectivity index (χ2v) is 7.81. The topological polar surface area (TPSA) is 90.0 Å². The Hall–Kier alpha value is -2.71. The van der Waals surface area contributed by atoms with Gasteiger partial charge in [0.25, 0.3) is 5.91 Å². The number of hydrogen-bond donors (Lipinski definition) is 2. The Bertz CT molecular complexity index is 960. The van der Waals surface area contributed by atoms with Gasteiger partial charge in [-0.15, -0.1) is 0 Å². The second kappa shape index (κ2) is 7.37. The number of phenols is 1. The molecule has 1 unspecified atom stereocenters. The maximum Gasteiger partial charge on any atom is 0.256 e. The molecule has 28 heavy (non-hydrogen) atoms. The van der Waals surface area contributed by atoms with E-state index in [1.807, 2.05) is 4.90 Å². The number of Topliss-reactive ketones (excluding diaryl/α,β-unsaturated/α-hetero) is 1. The van der Waals surface area contributed by atoms with Gasteiger partial charge < -0.3 is 15.3 Å². The predicted molar refractivity (Wildman–Crippen MR) is 106 cm³/mol. The summed E-state index contributed by atoms with van der Waals surface area (Å²) in [6.07, 6.45) is 0. The Morgan fingerprint density at radius 3 is 2.64 bits per heavy atom. The van der Waals surface area contributed by atoms with Crippen molar-refractivity contribution < 1.29 is 19.5 Å². The van der Waals surface area contributed by atoms with E-state index in [4.69, 9.17) is 0 Å². The predicted octanol–water partition coefficient (Wildman–Crippen LogP) is 2.12. The van der Waals surface area contributed by atoms with Crippen LogP contribution in [0.2, 0.25) is 0 Å². The molecule has 2 N–H and O–H groups in total. The van der Waals surface area contributed by atoms with Crippen LogP contribution < -0.4 is 5.32 Å². The van der Waals surface area contributed by atoms with Gasteiger partial charge in [-0.05, 0) is 42.5 Å². The van der Waals surface area contributed by atoms with Crippen LogP contribution in [-0.4, -0.2) is 64.7 Å². The molecule has 0 spiro atoms. The van der Waals surface area contributed by atoms with Gasteiger partial charge in [0.15, 0.2) is 5.78 Å². The van der Waals surface area contributed by atoms with E-state index in [0.29, 0.717) is 29.9 Å². The summed E-state index contributed by atoms with van der Waals surface area (Å²) in [7, 11) is 0. The molecule has 4 rings (SSSR count). The Labute approximate surface area is 170 Å². The highest BCUT2D eigenvalue weighted by molar-refractivity contribution is 9.10. The van der Waals surface area contributed by atoms with Crippen molar-refractivity contribution in [3.63, 3.8) is 0 Å². The third-order valence-electron chi connectivity index (χ3n) is 5.05. The molecule has 2 aromatic rings. The summed E-state index contributed by atoms with van der Waals surface area (Å²) < 4.78 is 0.769. The minimum absolute atomic E-state index is 0.0963. The number of carbonyl (C=O) groups excluding carboxylic acids is 3. The van der Waals surface area contributed by atoms with E-state index in [2.05, 4.69) is 21.2 Å². The van der Waals surface area contributed by atoms with Gasteiger partial charge in [-0.25, -0.2) is 0 Å². The first kappa shape index (κ1) is 18.6. The van der Waals surface area contributed by atoms with Gasteiger partial charge in [-0.2, -0.15) is 0 Å². The molecule has 0 aromatic heterocycles. The summed E-state index contributed by atoms with van der Waals surface area (Å²) in [6.45, 7) is 1.31. The first-order valence-corrected chi connectivity index (χ1v) is 9.67. The Morgan fingerprint density at radius 2 is 1.89 bits per heavy atom. The fourth-order valence-corrected chi connectivity index (χ4v) is 3.93. The first-order valence-electron chi connectivity index (χ1n) is 8.88. The molecule has 144 valence electrons. The van der Waals surface area contributed by atoms with Crippen LogP contribution in [0.15, 0.2) is 46.9 Å². The Balaban J connectivity index is 1.51. The van der Waals surface area contributed by atoms with Gasteiger partial charge in [0.05, 0.1) is 17.8 Å². The number of hydrogen-bond acceptors (Lipinski definition) is 5. The fourth-order valence-electron chi connectivity index (χ4n) is 3.57. The molecular weight excluding hydrogens is 426 g/mol. The zero-order valence-corrected chi connectivity index (χ0v) is 16.5. The number of rotatable bonds is 3. The monoisotopic (exact) mass is 443 g/mol. The lowest BCUT2D eigenvalue weighted by atomic mass is 10.1. The number of carbonyl (C=O) groups is 3. The van der Waals surface area contributed by atoms with Crippen molar-refractivity contribution >= 4 is 39.2 Å². The molecule has 0 radical (unpaired) electrons. The molecule has 1 saturated heterocycles. The van der Waals surface area contributed by atoms with Crippen molar-refractivity contribution in [2.24, 2.45) is 0 Å². The molecule has 1 atom stereocenters. The molecule has 1 fully saturated rings. The standard InChI is InChI=1S/C20H18BrN3O4/c21-13-3-6-16-15(9-13)20(28)24-8-7-23(10-17(24)19(27)22-16)11-18(26)12-1-4-14(25)5-2-12/h1-6,9,17,25H,7-8,10-11H2,(H,22,27). The number of nitrogens with zero attached hydrogens (tertiary/aromatic N) is 2. The van der Waals surface area contributed by atoms with Crippen molar-refractivity contribution in [2.45, 2.75) is 6.04 Å². The number of phenolic OH excluding ortho intramolecular Hbond substituents is 1. The maximum atomic E-state index is 13.0. The number of piperazine rings is 1. The average Bonchev–Trinajstić information content (AvgIpc) is 2.78. The number of ketones is 1. The van der Waals surface area contributed by atoms with Crippen LogP contribution in [0.5, 0.6) is 5.75 Å². The summed E-state index contributed by atoms with van der Waals surface area (Å²) in [4.78, 5) is 41.6. The fraction of sp³-hybridized carbons (Fsp3) is 0.250.